The first-order valence-corrected chi connectivity index (χ1v) is 7.04. The van der Waals surface area contributed by atoms with Crippen LogP contribution in [-0.4, -0.2) is 45.5 Å². The Morgan fingerprint density at radius 3 is 1.96 bits per heavy atom. The van der Waals surface area contributed by atoms with Gasteiger partial charge in [0.1, 0.15) is 16.9 Å². The van der Waals surface area contributed by atoms with Crippen LogP contribution in [0, 0.1) is 0 Å². The molecule has 23 heavy (non-hydrogen) atoms. The van der Waals surface area contributed by atoms with Crippen LogP contribution in [0.2, 0.25) is 0 Å². The van der Waals surface area contributed by atoms with Crippen LogP contribution in [0.15, 0.2) is 0 Å². The van der Waals surface area contributed by atoms with E-state index in [1.54, 1.807) is 6.92 Å². The first-order valence-electron chi connectivity index (χ1n) is 7.04. The molecular formula is C16H20O7. The van der Waals surface area contributed by atoms with Crippen molar-refractivity contribution in [3.8, 4) is 11.5 Å². The number of benzene rings is 1. The third-order valence-corrected chi connectivity index (χ3v) is 4.09. The van der Waals surface area contributed by atoms with Crippen LogP contribution in [0.4, 0.5) is 0 Å². The molecule has 0 bridgehead atoms. The summed E-state index contributed by atoms with van der Waals surface area (Å²) >= 11 is 0. The maximum Gasteiger partial charge on any atom is 0.345 e. The molecule has 1 aromatic rings. The predicted octanol–water partition coefficient (Wildman–Crippen LogP) is 1.43. The molecule has 0 radical (unpaired) electrons. The molecular weight excluding hydrogens is 304 g/mol. The molecule has 0 aliphatic heterocycles. The minimum Gasteiger partial charge on any atom is -0.495 e. The largest absolute Gasteiger partial charge is 0.495 e. The quantitative estimate of drug-likeness (QED) is 0.838. The van der Waals surface area contributed by atoms with E-state index in [9.17, 15) is 14.7 Å². The van der Waals surface area contributed by atoms with Gasteiger partial charge in [0.25, 0.3) is 0 Å². The number of hydrogen-bond donors (Lipinski definition) is 1. The van der Waals surface area contributed by atoms with Gasteiger partial charge in [-0.2, -0.15) is 0 Å². The van der Waals surface area contributed by atoms with Crippen molar-refractivity contribution in [3.05, 3.63) is 22.3 Å². The van der Waals surface area contributed by atoms with Gasteiger partial charge in [0.2, 0.25) is 0 Å². The Balaban J connectivity index is 2.98. The Bertz CT molecular complexity index is 661. The fourth-order valence-electron chi connectivity index (χ4n) is 3.10. The Kier molecular flexibility index (Phi) is 4.51. The van der Waals surface area contributed by atoms with Crippen LogP contribution in [-0.2, 0) is 21.5 Å². The van der Waals surface area contributed by atoms with Gasteiger partial charge >= 0.3 is 11.9 Å². The molecule has 1 N–H and O–H groups in total. The van der Waals surface area contributed by atoms with Gasteiger partial charge in [-0.3, -0.25) is 0 Å². The number of carbonyl (C=O) groups excluding carboxylic acids is 2. The molecule has 1 aliphatic carbocycles. The third kappa shape index (κ3) is 2.50. The van der Waals surface area contributed by atoms with Crippen LogP contribution in [0.1, 0.15) is 45.2 Å². The van der Waals surface area contributed by atoms with E-state index in [-0.39, 0.29) is 22.6 Å². The van der Waals surface area contributed by atoms with E-state index >= 15 is 0 Å². The summed E-state index contributed by atoms with van der Waals surface area (Å²) in [6, 6.07) is 0. The van der Waals surface area contributed by atoms with Gasteiger partial charge in [0.05, 0.1) is 34.0 Å². The lowest BCUT2D eigenvalue weighted by molar-refractivity contribution is 0.0491. The van der Waals surface area contributed by atoms with E-state index in [2.05, 4.69) is 0 Å². The van der Waals surface area contributed by atoms with Crippen molar-refractivity contribution in [2.75, 3.05) is 28.4 Å². The maximum atomic E-state index is 12.3. The van der Waals surface area contributed by atoms with Crippen LogP contribution in [0.3, 0.4) is 0 Å². The number of rotatable bonds is 4. The van der Waals surface area contributed by atoms with Gasteiger partial charge in [0.15, 0.2) is 5.75 Å². The number of esters is 2. The zero-order chi connectivity index (χ0) is 17.4. The molecule has 0 aromatic heterocycles. The lowest BCUT2D eigenvalue weighted by Crippen LogP contribution is -2.23. The van der Waals surface area contributed by atoms with E-state index in [1.807, 2.05) is 0 Å². The first kappa shape index (κ1) is 17.1. The molecule has 1 unspecified atom stereocenters. The van der Waals surface area contributed by atoms with Gasteiger partial charge < -0.3 is 24.1 Å². The van der Waals surface area contributed by atoms with Crippen LogP contribution < -0.4 is 9.47 Å². The molecule has 1 aliphatic rings. The molecule has 0 amide bonds. The summed E-state index contributed by atoms with van der Waals surface area (Å²) < 4.78 is 20.3. The molecule has 1 aromatic carbocycles. The number of methoxy groups -OCH3 is 4. The number of aliphatic hydroxyl groups is 1. The molecule has 7 nitrogen and oxygen atoms in total. The Hall–Kier alpha value is -2.28. The molecule has 126 valence electrons. The van der Waals surface area contributed by atoms with Crippen molar-refractivity contribution in [1.29, 1.82) is 0 Å². The van der Waals surface area contributed by atoms with Crippen molar-refractivity contribution < 1.29 is 33.6 Å². The number of ether oxygens (including phenoxy) is 4. The average molecular weight is 324 g/mol. The highest BCUT2D eigenvalue weighted by Gasteiger charge is 2.43. The zero-order valence-corrected chi connectivity index (χ0v) is 13.8. The highest BCUT2D eigenvalue weighted by molar-refractivity contribution is 6.04. The van der Waals surface area contributed by atoms with Crippen molar-refractivity contribution >= 4 is 11.9 Å². The number of hydrogen-bond acceptors (Lipinski definition) is 7. The molecule has 0 heterocycles. The maximum absolute atomic E-state index is 12.3. The van der Waals surface area contributed by atoms with Gasteiger partial charge in [-0.25, -0.2) is 9.59 Å². The van der Waals surface area contributed by atoms with Crippen molar-refractivity contribution in [2.45, 2.75) is 25.4 Å². The lowest BCUT2D eigenvalue weighted by Gasteiger charge is -2.24. The monoisotopic (exact) mass is 324 g/mol. The van der Waals surface area contributed by atoms with E-state index in [1.165, 1.54) is 28.4 Å². The molecule has 0 saturated carbocycles. The topological polar surface area (TPSA) is 91.3 Å². The number of carbonyl (C=O) groups is 2. The first-order chi connectivity index (χ1) is 10.8. The van der Waals surface area contributed by atoms with E-state index in [0.717, 1.165) is 0 Å². The van der Waals surface area contributed by atoms with Crippen molar-refractivity contribution in [2.24, 2.45) is 0 Å². The molecule has 0 fully saturated rings. The predicted molar refractivity (Wildman–Crippen MR) is 80.1 cm³/mol. The minimum atomic E-state index is -1.26. The summed E-state index contributed by atoms with van der Waals surface area (Å²) in [4.78, 5) is 24.5. The summed E-state index contributed by atoms with van der Waals surface area (Å²) in [7, 11) is 5.18. The summed E-state index contributed by atoms with van der Waals surface area (Å²) in [5.74, 6) is -1.18. The third-order valence-electron chi connectivity index (χ3n) is 4.09. The van der Waals surface area contributed by atoms with Gasteiger partial charge in [0, 0.05) is 11.1 Å². The van der Waals surface area contributed by atoms with Crippen LogP contribution in [0.5, 0.6) is 11.5 Å². The smallest absolute Gasteiger partial charge is 0.345 e. The van der Waals surface area contributed by atoms with E-state index in [0.29, 0.717) is 24.0 Å². The highest BCUT2D eigenvalue weighted by atomic mass is 16.5. The van der Waals surface area contributed by atoms with E-state index < -0.39 is 17.5 Å². The second-order valence-electron chi connectivity index (χ2n) is 5.43. The standard InChI is InChI=1S/C16H20O7/c1-16(19)7-6-8-11(16)9(14(17)22-4)13(21-3)10(12(8)20-2)15(18)23-5/h19H,6-7H2,1-5H3. The normalized spacial score (nSPS) is 19.0. The Morgan fingerprint density at radius 1 is 0.957 bits per heavy atom. The second kappa shape index (κ2) is 6.08. The van der Waals surface area contributed by atoms with Gasteiger partial charge in [-0.05, 0) is 19.8 Å². The lowest BCUT2D eigenvalue weighted by atomic mass is 9.89. The molecule has 0 saturated heterocycles. The Morgan fingerprint density at radius 2 is 1.48 bits per heavy atom. The summed E-state index contributed by atoms with van der Waals surface area (Å²) in [6.07, 6.45) is 0.833. The van der Waals surface area contributed by atoms with Crippen molar-refractivity contribution in [3.63, 3.8) is 0 Å². The second-order valence-corrected chi connectivity index (χ2v) is 5.43. The highest BCUT2D eigenvalue weighted by Crippen LogP contribution is 2.49. The van der Waals surface area contributed by atoms with Crippen LogP contribution in [0.25, 0.3) is 0 Å². The van der Waals surface area contributed by atoms with E-state index in [4.69, 9.17) is 18.9 Å². The molecule has 7 heteroatoms. The van der Waals surface area contributed by atoms with Gasteiger partial charge in [-0.1, -0.05) is 0 Å². The Labute approximate surface area is 134 Å². The van der Waals surface area contributed by atoms with Crippen molar-refractivity contribution in [1.82, 2.24) is 0 Å². The average Bonchev–Trinajstić information content (AvgIpc) is 2.86. The fourth-order valence-corrected chi connectivity index (χ4v) is 3.10. The van der Waals surface area contributed by atoms with Gasteiger partial charge in [-0.15, -0.1) is 0 Å². The zero-order valence-electron chi connectivity index (χ0n) is 13.8. The fraction of sp³-hybridized carbons (Fsp3) is 0.500. The summed E-state index contributed by atoms with van der Waals surface area (Å²) in [6.45, 7) is 1.60. The summed E-state index contributed by atoms with van der Waals surface area (Å²) in [5.41, 5.74) is -0.276. The molecule has 1 atom stereocenters. The van der Waals surface area contributed by atoms with Crippen LogP contribution >= 0.6 is 0 Å². The SMILES string of the molecule is COC(=O)c1c(OC)c2c(c(C(=O)OC)c1OC)C(C)(O)CC2. The molecule has 2 rings (SSSR count). The minimum absolute atomic E-state index is 0.00866. The number of fused-ring (bicyclic) bond motifs is 1. The summed E-state index contributed by atoms with van der Waals surface area (Å²) in [5, 5.41) is 10.7. The molecule has 0 spiro atoms.